The third-order valence-electron chi connectivity index (χ3n) is 4.23. The molecule has 3 heterocycles. The Hall–Kier alpha value is -2.65. The minimum Gasteiger partial charge on any atom is -0.424 e. The smallest absolute Gasteiger partial charge is 0.317 e. The molecule has 0 saturated carbocycles. The summed E-state index contributed by atoms with van der Waals surface area (Å²) in [6.45, 7) is 2.81. The quantitative estimate of drug-likeness (QED) is 0.750. The largest absolute Gasteiger partial charge is 0.424 e. The van der Waals surface area contributed by atoms with E-state index in [0.717, 1.165) is 0 Å². The van der Waals surface area contributed by atoms with Gasteiger partial charge in [-0.05, 0) is 12.8 Å². The van der Waals surface area contributed by atoms with Crippen LogP contribution >= 0.6 is 0 Å². The lowest BCUT2D eigenvalue weighted by atomic mass is 9.88. The van der Waals surface area contributed by atoms with Gasteiger partial charge in [0.25, 0.3) is 5.91 Å². The van der Waals surface area contributed by atoms with Gasteiger partial charge in [0.1, 0.15) is 5.54 Å². The van der Waals surface area contributed by atoms with Gasteiger partial charge >= 0.3 is 6.03 Å². The number of amides is 3. The molecule has 10 heteroatoms. The molecular formula is C14H21N7O3. The van der Waals surface area contributed by atoms with E-state index in [4.69, 9.17) is 4.42 Å². The van der Waals surface area contributed by atoms with E-state index in [1.165, 1.54) is 0 Å². The number of aliphatic imine (C=N–C) groups is 1. The number of aryl methyl sites for hydroxylation is 1. The summed E-state index contributed by atoms with van der Waals surface area (Å²) in [7, 11) is 3.67. The molecule has 0 unspecified atom stereocenters. The standard InChI is InChI=1S/C14H21N7O3/c1-9-18-19-10(24-9)8-15-13(23)21-6-4-14(5-7-21)11(22)16-12(17-14)20(2)3/h4-8H2,1-3H3,(H,15,23)(H,16,17,22). The number of guanidine groups is 1. The van der Waals surface area contributed by atoms with E-state index < -0.39 is 5.54 Å². The zero-order chi connectivity index (χ0) is 17.3. The molecule has 24 heavy (non-hydrogen) atoms. The fourth-order valence-corrected chi connectivity index (χ4v) is 2.80. The van der Waals surface area contributed by atoms with E-state index >= 15 is 0 Å². The number of nitrogens with zero attached hydrogens (tertiary/aromatic N) is 5. The average molecular weight is 335 g/mol. The highest BCUT2D eigenvalue weighted by Gasteiger charge is 2.46. The highest BCUT2D eigenvalue weighted by molar-refractivity contribution is 6.07. The molecular weight excluding hydrogens is 314 g/mol. The Morgan fingerprint density at radius 1 is 1.38 bits per heavy atom. The van der Waals surface area contributed by atoms with Crippen molar-refractivity contribution in [3.63, 3.8) is 0 Å². The Morgan fingerprint density at radius 3 is 2.62 bits per heavy atom. The molecule has 0 aliphatic carbocycles. The van der Waals surface area contributed by atoms with Gasteiger partial charge in [-0.3, -0.25) is 10.1 Å². The van der Waals surface area contributed by atoms with Crippen LogP contribution in [0.5, 0.6) is 0 Å². The molecule has 1 aromatic rings. The van der Waals surface area contributed by atoms with Crippen LogP contribution in [0.15, 0.2) is 9.41 Å². The summed E-state index contributed by atoms with van der Waals surface area (Å²) in [4.78, 5) is 32.5. The van der Waals surface area contributed by atoms with Crippen LogP contribution in [-0.4, -0.2) is 70.6 Å². The van der Waals surface area contributed by atoms with Crippen molar-refractivity contribution in [1.29, 1.82) is 0 Å². The van der Waals surface area contributed by atoms with Crippen molar-refractivity contribution in [3.8, 4) is 0 Å². The second kappa shape index (κ2) is 6.10. The van der Waals surface area contributed by atoms with Crippen molar-refractivity contribution in [2.75, 3.05) is 27.2 Å². The van der Waals surface area contributed by atoms with Crippen molar-refractivity contribution in [3.05, 3.63) is 11.8 Å². The number of carbonyl (C=O) groups is 2. The summed E-state index contributed by atoms with van der Waals surface area (Å²) >= 11 is 0. The summed E-state index contributed by atoms with van der Waals surface area (Å²) in [6.07, 6.45) is 1.01. The molecule has 1 fully saturated rings. The van der Waals surface area contributed by atoms with Gasteiger partial charge < -0.3 is 19.5 Å². The summed E-state index contributed by atoms with van der Waals surface area (Å²) in [5, 5.41) is 13.1. The van der Waals surface area contributed by atoms with E-state index in [9.17, 15) is 9.59 Å². The molecule has 3 rings (SSSR count). The lowest BCUT2D eigenvalue weighted by molar-refractivity contribution is -0.125. The number of rotatable bonds is 2. The van der Waals surface area contributed by atoms with Gasteiger partial charge in [0.05, 0.1) is 6.54 Å². The van der Waals surface area contributed by atoms with Gasteiger partial charge in [-0.2, -0.15) is 0 Å². The number of urea groups is 1. The van der Waals surface area contributed by atoms with Crippen molar-refractivity contribution in [1.82, 2.24) is 30.6 Å². The lowest BCUT2D eigenvalue weighted by Gasteiger charge is -2.35. The first kappa shape index (κ1) is 16.2. The Morgan fingerprint density at radius 2 is 2.08 bits per heavy atom. The normalized spacial score (nSPS) is 19.2. The van der Waals surface area contributed by atoms with E-state index in [0.29, 0.717) is 43.7 Å². The number of piperidine rings is 1. The third kappa shape index (κ3) is 3.03. The number of hydrogen-bond acceptors (Lipinski definition) is 7. The molecule has 10 nitrogen and oxygen atoms in total. The van der Waals surface area contributed by atoms with Crippen LogP contribution in [0.25, 0.3) is 0 Å². The molecule has 130 valence electrons. The molecule has 2 aliphatic rings. The first-order valence-corrected chi connectivity index (χ1v) is 7.80. The predicted octanol–water partition coefficient (Wildman–Crippen LogP) is -0.530. The highest BCUT2D eigenvalue weighted by Crippen LogP contribution is 2.30. The van der Waals surface area contributed by atoms with Gasteiger partial charge in [-0.15, -0.1) is 10.2 Å². The predicted molar refractivity (Wildman–Crippen MR) is 84.1 cm³/mol. The van der Waals surface area contributed by atoms with Crippen LogP contribution in [0.1, 0.15) is 24.6 Å². The summed E-state index contributed by atoms with van der Waals surface area (Å²) in [6, 6.07) is -0.212. The fourth-order valence-electron chi connectivity index (χ4n) is 2.80. The van der Waals surface area contributed by atoms with Gasteiger partial charge in [-0.1, -0.05) is 0 Å². The highest BCUT2D eigenvalue weighted by atomic mass is 16.4. The number of carbonyl (C=O) groups excluding carboxylic acids is 2. The maximum absolute atomic E-state index is 12.3. The van der Waals surface area contributed by atoms with Crippen molar-refractivity contribution >= 4 is 17.9 Å². The molecule has 2 aliphatic heterocycles. The van der Waals surface area contributed by atoms with Crippen molar-refractivity contribution in [2.24, 2.45) is 4.99 Å². The van der Waals surface area contributed by atoms with Crippen LogP contribution in [0.4, 0.5) is 4.79 Å². The number of likely N-dealkylation sites (tertiary alicyclic amines) is 1. The third-order valence-corrected chi connectivity index (χ3v) is 4.23. The molecule has 0 bridgehead atoms. The second-order valence-electron chi connectivity index (χ2n) is 6.18. The van der Waals surface area contributed by atoms with Crippen LogP contribution in [0.3, 0.4) is 0 Å². The van der Waals surface area contributed by atoms with Crippen LogP contribution < -0.4 is 10.6 Å². The van der Waals surface area contributed by atoms with Gasteiger partial charge in [0, 0.05) is 34.1 Å². The Bertz CT molecular complexity index is 674. The minimum atomic E-state index is -0.750. The Labute approximate surface area is 139 Å². The van der Waals surface area contributed by atoms with Crippen LogP contribution in [0.2, 0.25) is 0 Å². The molecule has 0 radical (unpaired) electrons. The minimum absolute atomic E-state index is 0.0902. The summed E-state index contributed by atoms with van der Waals surface area (Å²) < 4.78 is 5.21. The summed E-state index contributed by atoms with van der Waals surface area (Å²) in [5.41, 5.74) is -0.750. The van der Waals surface area contributed by atoms with Crippen molar-refractivity contribution < 1.29 is 14.0 Å². The van der Waals surface area contributed by atoms with E-state index in [-0.39, 0.29) is 18.5 Å². The second-order valence-corrected chi connectivity index (χ2v) is 6.18. The molecule has 1 saturated heterocycles. The number of aromatic nitrogens is 2. The zero-order valence-corrected chi connectivity index (χ0v) is 14.0. The molecule has 3 amide bonds. The van der Waals surface area contributed by atoms with Crippen LogP contribution in [-0.2, 0) is 11.3 Å². The van der Waals surface area contributed by atoms with Gasteiger partial charge in [0.2, 0.25) is 17.7 Å². The van der Waals surface area contributed by atoms with E-state index in [1.807, 2.05) is 14.1 Å². The first-order valence-electron chi connectivity index (χ1n) is 7.80. The lowest BCUT2D eigenvalue weighted by Crippen LogP contribution is -2.52. The average Bonchev–Trinajstić information content (AvgIpc) is 3.10. The van der Waals surface area contributed by atoms with Crippen LogP contribution in [0, 0.1) is 6.92 Å². The Balaban J connectivity index is 1.55. The van der Waals surface area contributed by atoms with Crippen molar-refractivity contribution in [2.45, 2.75) is 31.8 Å². The monoisotopic (exact) mass is 335 g/mol. The Kier molecular flexibility index (Phi) is 4.12. The molecule has 1 spiro atoms. The number of hydrogen-bond donors (Lipinski definition) is 2. The van der Waals surface area contributed by atoms with E-state index in [2.05, 4.69) is 25.8 Å². The fraction of sp³-hybridized carbons (Fsp3) is 0.643. The topological polar surface area (TPSA) is 116 Å². The zero-order valence-electron chi connectivity index (χ0n) is 14.0. The van der Waals surface area contributed by atoms with E-state index in [1.54, 1.807) is 16.7 Å². The van der Waals surface area contributed by atoms with Gasteiger partial charge in [0.15, 0.2) is 0 Å². The molecule has 1 aromatic heterocycles. The summed E-state index contributed by atoms with van der Waals surface area (Å²) in [5.74, 6) is 1.31. The maximum Gasteiger partial charge on any atom is 0.317 e. The maximum atomic E-state index is 12.3. The molecule has 0 aromatic carbocycles. The number of nitrogens with one attached hydrogen (secondary N) is 2. The SMILES string of the molecule is Cc1nnc(CNC(=O)N2CCC3(CC2)N=C(N(C)C)NC3=O)o1. The molecule has 2 N–H and O–H groups in total. The first-order chi connectivity index (χ1) is 11.4. The molecule has 0 atom stereocenters. The van der Waals surface area contributed by atoms with Gasteiger partial charge in [-0.25, -0.2) is 9.79 Å².